The molecule has 1 aromatic rings. The number of alkyl halides is 2. The van der Waals surface area contributed by atoms with Gasteiger partial charge in [-0.25, -0.2) is 4.79 Å². The van der Waals surface area contributed by atoms with Crippen LogP contribution in [0.25, 0.3) is 0 Å². The van der Waals surface area contributed by atoms with Crippen molar-refractivity contribution >= 4 is 5.97 Å². The molecule has 19 heavy (non-hydrogen) atoms. The smallest absolute Gasteiger partial charge is 0.380 e. The second kappa shape index (κ2) is 4.89. The summed E-state index contributed by atoms with van der Waals surface area (Å²) in [6.07, 6.45) is 0.945. The summed E-state index contributed by atoms with van der Waals surface area (Å²) in [6.45, 7) is 1.30. The van der Waals surface area contributed by atoms with Crippen LogP contribution in [0.15, 0.2) is 30.3 Å². The van der Waals surface area contributed by atoms with Gasteiger partial charge in [0.2, 0.25) is 0 Å². The number of halogens is 2. The lowest BCUT2D eigenvalue weighted by Crippen LogP contribution is -2.53. The first-order valence-electron chi connectivity index (χ1n) is 6.27. The third kappa shape index (κ3) is 2.23. The Kier molecular flexibility index (Phi) is 3.58. The molecule has 1 aliphatic rings. The summed E-state index contributed by atoms with van der Waals surface area (Å²) >= 11 is 0. The zero-order valence-corrected chi connectivity index (χ0v) is 10.6. The minimum atomic E-state index is -3.95. The summed E-state index contributed by atoms with van der Waals surface area (Å²) in [7, 11) is 0. The Bertz CT molecular complexity index is 457. The summed E-state index contributed by atoms with van der Waals surface area (Å²) in [6, 6.07) is 7.60. The highest BCUT2D eigenvalue weighted by Gasteiger charge is 2.66. The van der Waals surface area contributed by atoms with Gasteiger partial charge in [-0.05, 0) is 31.2 Å². The summed E-state index contributed by atoms with van der Waals surface area (Å²) in [5, 5.41) is 10.5. The summed E-state index contributed by atoms with van der Waals surface area (Å²) in [4.78, 5) is 11.5. The maximum atomic E-state index is 14.3. The molecule has 1 N–H and O–H groups in total. The van der Waals surface area contributed by atoms with E-state index < -0.39 is 23.4 Å². The molecule has 2 rings (SSSR count). The number of hydrogen-bond acceptors (Lipinski definition) is 3. The van der Waals surface area contributed by atoms with Crippen molar-refractivity contribution in [2.45, 2.75) is 31.3 Å². The average molecular weight is 270 g/mol. The highest BCUT2D eigenvalue weighted by atomic mass is 19.3. The topological polar surface area (TPSA) is 46.5 Å². The van der Waals surface area contributed by atoms with Gasteiger partial charge in [-0.3, -0.25) is 0 Å². The molecule has 0 radical (unpaired) electrons. The van der Waals surface area contributed by atoms with Crippen LogP contribution < -0.4 is 0 Å². The zero-order chi connectivity index (χ0) is 14.1. The van der Waals surface area contributed by atoms with E-state index in [0.717, 1.165) is 0 Å². The highest BCUT2D eigenvalue weighted by molar-refractivity contribution is 5.80. The molecular formula is C14H16F2O3. The third-order valence-corrected chi connectivity index (χ3v) is 3.39. The second-order valence-electron chi connectivity index (χ2n) is 4.70. The molecule has 0 spiro atoms. The minimum absolute atomic E-state index is 0.0514. The van der Waals surface area contributed by atoms with Crippen molar-refractivity contribution in [3.05, 3.63) is 35.9 Å². The lowest BCUT2D eigenvalue weighted by atomic mass is 9.82. The Morgan fingerprint density at radius 2 is 1.95 bits per heavy atom. The van der Waals surface area contributed by atoms with E-state index in [1.807, 2.05) is 0 Å². The van der Waals surface area contributed by atoms with Crippen LogP contribution >= 0.6 is 0 Å². The van der Waals surface area contributed by atoms with Gasteiger partial charge in [0.1, 0.15) is 0 Å². The first kappa shape index (κ1) is 13.9. The predicted molar refractivity (Wildman–Crippen MR) is 64.6 cm³/mol. The molecule has 1 atom stereocenters. The SMILES string of the molecule is CCOC(=O)C(F)(F)C(O)(c1ccccc1)C1CC1. The molecule has 1 unspecified atom stereocenters. The van der Waals surface area contributed by atoms with Crippen LogP contribution in [0, 0.1) is 5.92 Å². The van der Waals surface area contributed by atoms with Gasteiger partial charge in [-0.2, -0.15) is 8.78 Å². The molecule has 0 aliphatic heterocycles. The van der Waals surface area contributed by atoms with E-state index in [1.165, 1.54) is 19.1 Å². The first-order valence-corrected chi connectivity index (χ1v) is 6.27. The number of benzene rings is 1. The summed E-state index contributed by atoms with van der Waals surface area (Å²) < 4.78 is 33.0. The molecule has 0 bridgehead atoms. The maximum Gasteiger partial charge on any atom is 0.380 e. The molecule has 104 valence electrons. The van der Waals surface area contributed by atoms with E-state index in [4.69, 9.17) is 0 Å². The normalized spacial score (nSPS) is 18.7. The number of rotatable bonds is 5. The fourth-order valence-electron chi connectivity index (χ4n) is 2.24. The van der Waals surface area contributed by atoms with Crippen molar-refractivity contribution < 1.29 is 23.4 Å². The van der Waals surface area contributed by atoms with Crippen molar-refractivity contribution in [2.24, 2.45) is 5.92 Å². The molecule has 0 aromatic heterocycles. The van der Waals surface area contributed by atoms with Crippen LogP contribution in [0.1, 0.15) is 25.3 Å². The number of carbonyl (C=O) groups excluding carboxylic acids is 1. The fourth-order valence-corrected chi connectivity index (χ4v) is 2.24. The minimum Gasteiger partial charge on any atom is -0.461 e. The maximum absolute atomic E-state index is 14.3. The first-order chi connectivity index (χ1) is 8.94. The lowest BCUT2D eigenvalue weighted by molar-refractivity contribution is -0.223. The van der Waals surface area contributed by atoms with Gasteiger partial charge in [-0.1, -0.05) is 30.3 Å². The standard InChI is InChI=1S/C14H16F2O3/c1-2-19-12(17)14(15,16)13(18,11-8-9-11)10-6-4-3-5-7-10/h3-7,11,18H,2,8-9H2,1H3. The van der Waals surface area contributed by atoms with E-state index in [2.05, 4.69) is 4.74 Å². The van der Waals surface area contributed by atoms with Gasteiger partial charge >= 0.3 is 11.9 Å². The molecule has 5 heteroatoms. The molecule has 0 heterocycles. The van der Waals surface area contributed by atoms with Crippen LogP contribution in [0.2, 0.25) is 0 Å². The Morgan fingerprint density at radius 3 is 2.42 bits per heavy atom. The molecule has 1 saturated carbocycles. The van der Waals surface area contributed by atoms with E-state index in [-0.39, 0.29) is 12.2 Å². The lowest BCUT2D eigenvalue weighted by Gasteiger charge is -2.34. The van der Waals surface area contributed by atoms with Crippen molar-refractivity contribution in [1.29, 1.82) is 0 Å². The summed E-state index contributed by atoms with van der Waals surface area (Å²) in [5.41, 5.74) is -2.43. The van der Waals surface area contributed by atoms with E-state index in [0.29, 0.717) is 12.8 Å². The van der Waals surface area contributed by atoms with Crippen LogP contribution in [-0.2, 0) is 15.1 Å². The Morgan fingerprint density at radius 1 is 1.37 bits per heavy atom. The van der Waals surface area contributed by atoms with Crippen LogP contribution in [0.5, 0.6) is 0 Å². The molecule has 1 aliphatic carbocycles. The van der Waals surface area contributed by atoms with Crippen molar-refractivity contribution in [3.8, 4) is 0 Å². The number of esters is 1. The van der Waals surface area contributed by atoms with Gasteiger partial charge in [0.15, 0.2) is 5.60 Å². The average Bonchev–Trinajstić information content (AvgIpc) is 3.23. The van der Waals surface area contributed by atoms with Gasteiger partial charge in [-0.15, -0.1) is 0 Å². The number of carbonyl (C=O) groups is 1. The van der Waals surface area contributed by atoms with Crippen molar-refractivity contribution in [2.75, 3.05) is 6.61 Å². The van der Waals surface area contributed by atoms with E-state index in [1.54, 1.807) is 18.2 Å². The van der Waals surface area contributed by atoms with E-state index in [9.17, 15) is 18.7 Å². The Labute approximate surface area is 110 Å². The third-order valence-electron chi connectivity index (χ3n) is 3.39. The predicted octanol–water partition coefficient (Wildman–Crippen LogP) is 2.48. The molecule has 3 nitrogen and oxygen atoms in total. The van der Waals surface area contributed by atoms with Gasteiger partial charge < -0.3 is 9.84 Å². The molecule has 1 aromatic carbocycles. The quantitative estimate of drug-likeness (QED) is 0.836. The van der Waals surface area contributed by atoms with Crippen LogP contribution in [-0.4, -0.2) is 23.6 Å². The van der Waals surface area contributed by atoms with E-state index >= 15 is 0 Å². The monoisotopic (exact) mass is 270 g/mol. The molecular weight excluding hydrogens is 254 g/mol. The summed E-state index contributed by atoms with van der Waals surface area (Å²) in [5.74, 6) is -6.24. The van der Waals surface area contributed by atoms with Gasteiger partial charge in [0, 0.05) is 0 Å². The molecule has 1 fully saturated rings. The molecule has 0 amide bonds. The highest BCUT2D eigenvalue weighted by Crippen LogP contribution is 2.53. The number of hydrogen-bond donors (Lipinski definition) is 1. The molecule has 0 saturated heterocycles. The second-order valence-corrected chi connectivity index (χ2v) is 4.70. The Balaban J connectivity index is 2.42. The van der Waals surface area contributed by atoms with Crippen LogP contribution in [0.4, 0.5) is 8.78 Å². The zero-order valence-electron chi connectivity index (χ0n) is 10.6. The van der Waals surface area contributed by atoms with Gasteiger partial charge in [0.25, 0.3) is 0 Å². The number of ether oxygens (including phenoxy) is 1. The van der Waals surface area contributed by atoms with Crippen LogP contribution in [0.3, 0.4) is 0 Å². The van der Waals surface area contributed by atoms with Gasteiger partial charge in [0.05, 0.1) is 6.61 Å². The largest absolute Gasteiger partial charge is 0.461 e. The number of aliphatic hydroxyl groups is 1. The van der Waals surface area contributed by atoms with Crippen molar-refractivity contribution in [1.82, 2.24) is 0 Å². The van der Waals surface area contributed by atoms with Crippen molar-refractivity contribution in [3.63, 3.8) is 0 Å². The fraction of sp³-hybridized carbons (Fsp3) is 0.500. The Hall–Kier alpha value is -1.49.